The van der Waals surface area contributed by atoms with Gasteiger partial charge in [-0.1, -0.05) is 343 Å². The molecule has 0 aliphatic rings. The van der Waals surface area contributed by atoms with Crippen LogP contribution in [0.15, 0.2) is 97.2 Å². The minimum atomic E-state index is -0.775. The molecule has 0 aromatic rings. The fourth-order valence-electron chi connectivity index (χ4n) is 10.1. The number of allylic oxidation sites excluding steroid dienone is 16. The second kappa shape index (κ2) is 69.8. The van der Waals surface area contributed by atoms with Crippen molar-refractivity contribution in [1.29, 1.82) is 0 Å². The van der Waals surface area contributed by atoms with E-state index in [1.807, 2.05) is 0 Å². The van der Waals surface area contributed by atoms with Gasteiger partial charge in [-0.15, -0.1) is 0 Å². The molecule has 0 saturated heterocycles. The van der Waals surface area contributed by atoms with Crippen molar-refractivity contribution in [3.63, 3.8) is 0 Å². The first-order valence-electron chi connectivity index (χ1n) is 35.2. The SMILES string of the molecule is CC/C=C\C/C=C\C/C=C\C/C=C\C/C=C\C/C=C\C/C=C\C/C=C\CCCCCCCCCCCCC(=O)OCC(COC(=O)CCCCCCCCCCC)OC(=O)CCCCCCCCCCCCCCCCCCCCCC. The average Bonchev–Trinajstić information content (AvgIpc) is 3.48. The third kappa shape index (κ3) is 67.1. The molecule has 0 aromatic heterocycles. The van der Waals surface area contributed by atoms with Crippen molar-refractivity contribution in [2.24, 2.45) is 0 Å². The zero-order valence-electron chi connectivity index (χ0n) is 54.2. The Morgan fingerprint density at radius 2 is 0.476 bits per heavy atom. The second-order valence-corrected chi connectivity index (χ2v) is 23.4. The number of unbranched alkanes of at least 4 members (excludes halogenated alkanes) is 37. The number of carbonyl (C=O) groups is 3. The first-order valence-corrected chi connectivity index (χ1v) is 35.2. The van der Waals surface area contributed by atoms with Crippen LogP contribution in [0.1, 0.15) is 348 Å². The van der Waals surface area contributed by atoms with Crippen LogP contribution in [0.5, 0.6) is 0 Å². The zero-order valence-corrected chi connectivity index (χ0v) is 54.2. The topological polar surface area (TPSA) is 78.9 Å². The monoisotopic (exact) mass is 1140 g/mol. The maximum absolute atomic E-state index is 12.9. The molecule has 0 heterocycles. The predicted octanol–water partition coefficient (Wildman–Crippen LogP) is 24.4. The van der Waals surface area contributed by atoms with Gasteiger partial charge < -0.3 is 14.2 Å². The van der Waals surface area contributed by atoms with Crippen LogP contribution in [-0.4, -0.2) is 37.2 Å². The number of esters is 3. The van der Waals surface area contributed by atoms with Gasteiger partial charge in [-0.2, -0.15) is 0 Å². The van der Waals surface area contributed by atoms with E-state index < -0.39 is 6.10 Å². The van der Waals surface area contributed by atoms with Gasteiger partial charge in [0.2, 0.25) is 0 Å². The third-order valence-electron chi connectivity index (χ3n) is 15.4. The summed E-state index contributed by atoms with van der Waals surface area (Å²) in [4.78, 5) is 38.3. The molecular weight excluding hydrogens is 1010 g/mol. The fourth-order valence-corrected chi connectivity index (χ4v) is 10.1. The zero-order chi connectivity index (χ0) is 59.2. The molecule has 0 spiro atoms. The van der Waals surface area contributed by atoms with Crippen LogP contribution in [-0.2, 0) is 28.6 Å². The van der Waals surface area contributed by atoms with Gasteiger partial charge in [-0.05, 0) is 83.5 Å². The summed E-state index contributed by atoms with van der Waals surface area (Å²) < 4.78 is 16.9. The summed E-state index contributed by atoms with van der Waals surface area (Å²) in [7, 11) is 0. The van der Waals surface area contributed by atoms with Crippen molar-refractivity contribution >= 4 is 17.9 Å². The van der Waals surface area contributed by atoms with Gasteiger partial charge in [0.05, 0.1) is 0 Å². The van der Waals surface area contributed by atoms with Gasteiger partial charge >= 0.3 is 17.9 Å². The first-order chi connectivity index (χ1) is 40.5. The lowest BCUT2D eigenvalue weighted by Crippen LogP contribution is -2.30. The fraction of sp³-hybridized carbons (Fsp3) is 0.750. The summed E-state index contributed by atoms with van der Waals surface area (Å²) in [6, 6.07) is 0. The van der Waals surface area contributed by atoms with Crippen molar-refractivity contribution < 1.29 is 28.6 Å². The van der Waals surface area contributed by atoms with Crippen LogP contribution < -0.4 is 0 Å². The van der Waals surface area contributed by atoms with Gasteiger partial charge in [0.15, 0.2) is 6.10 Å². The molecule has 0 radical (unpaired) electrons. The van der Waals surface area contributed by atoms with E-state index in [0.29, 0.717) is 19.3 Å². The largest absolute Gasteiger partial charge is 0.462 e. The molecule has 0 saturated carbocycles. The van der Waals surface area contributed by atoms with Crippen LogP contribution in [0.2, 0.25) is 0 Å². The highest BCUT2D eigenvalue weighted by Gasteiger charge is 2.19. The summed E-state index contributed by atoms with van der Waals surface area (Å²) in [6.45, 7) is 6.55. The van der Waals surface area contributed by atoms with Crippen molar-refractivity contribution in [2.75, 3.05) is 13.2 Å². The van der Waals surface area contributed by atoms with E-state index >= 15 is 0 Å². The summed E-state index contributed by atoms with van der Waals surface area (Å²) in [5.74, 6) is -0.862. The third-order valence-corrected chi connectivity index (χ3v) is 15.4. The van der Waals surface area contributed by atoms with E-state index in [9.17, 15) is 14.4 Å². The first kappa shape index (κ1) is 78.3. The lowest BCUT2D eigenvalue weighted by Gasteiger charge is -2.18. The van der Waals surface area contributed by atoms with E-state index in [4.69, 9.17) is 14.2 Å². The number of hydrogen-bond acceptors (Lipinski definition) is 6. The number of ether oxygens (including phenoxy) is 3. The van der Waals surface area contributed by atoms with Crippen molar-refractivity contribution in [3.05, 3.63) is 97.2 Å². The van der Waals surface area contributed by atoms with Crippen molar-refractivity contribution in [2.45, 2.75) is 354 Å². The molecule has 1 atom stereocenters. The van der Waals surface area contributed by atoms with E-state index in [2.05, 4.69) is 118 Å². The van der Waals surface area contributed by atoms with Crippen LogP contribution in [0.25, 0.3) is 0 Å². The standard InChI is InChI=1S/C76H132O6/c1-4-7-10-13-16-19-21-23-25-27-29-31-32-33-34-35-36-37-38-39-40-41-42-43-44-45-47-48-50-52-54-57-60-63-66-69-75(78)81-72-73(71-80-74(77)68-65-62-59-56-18-15-12-9-6-3)82-76(79)70-67-64-61-58-55-53-51-49-46-30-28-26-24-22-20-17-14-11-8-5-2/h7,10,16,19,23,25,29,31,33-34,36-37,39-40,42-43,73H,4-6,8-9,11-15,17-18,20-22,24,26-28,30,32,35,38,41,44-72H2,1-3H3/b10-7-,19-16-,25-23-,31-29-,34-33-,37-36-,40-39-,43-42-. The average molecular weight is 1140 g/mol. The Hall–Kier alpha value is -3.67. The quantitative estimate of drug-likeness (QED) is 0.0261. The minimum absolute atomic E-state index is 0.0727. The van der Waals surface area contributed by atoms with Gasteiger partial charge in [0.1, 0.15) is 13.2 Å². The highest BCUT2D eigenvalue weighted by molar-refractivity contribution is 5.71. The molecule has 6 nitrogen and oxygen atoms in total. The number of carbonyl (C=O) groups excluding carboxylic acids is 3. The van der Waals surface area contributed by atoms with E-state index in [0.717, 1.165) is 109 Å². The van der Waals surface area contributed by atoms with Crippen LogP contribution >= 0.6 is 0 Å². The summed E-state index contributed by atoms with van der Waals surface area (Å²) in [5, 5.41) is 0. The summed E-state index contributed by atoms with van der Waals surface area (Å²) in [5.41, 5.74) is 0. The molecule has 82 heavy (non-hydrogen) atoms. The molecule has 0 bridgehead atoms. The van der Waals surface area contributed by atoms with Crippen LogP contribution in [0.4, 0.5) is 0 Å². The van der Waals surface area contributed by atoms with Crippen molar-refractivity contribution in [1.82, 2.24) is 0 Å². The van der Waals surface area contributed by atoms with Gasteiger partial charge in [0.25, 0.3) is 0 Å². The Labute approximate surface area is 508 Å². The molecule has 0 rings (SSSR count). The molecule has 0 amide bonds. The highest BCUT2D eigenvalue weighted by atomic mass is 16.6. The minimum Gasteiger partial charge on any atom is -0.462 e. The Balaban J connectivity index is 4.14. The Kier molecular flexibility index (Phi) is 66.7. The molecule has 1 unspecified atom stereocenters. The molecule has 0 aliphatic carbocycles. The second-order valence-electron chi connectivity index (χ2n) is 23.4. The van der Waals surface area contributed by atoms with Gasteiger partial charge in [0, 0.05) is 19.3 Å². The summed E-state index contributed by atoms with van der Waals surface area (Å²) >= 11 is 0. The number of rotatable bonds is 64. The lowest BCUT2D eigenvalue weighted by atomic mass is 10.0. The maximum Gasteiger partial charge on any atom is 0.306 e. The van der Waals surface area contributed by atoms with Gasteiger partial charge in [-0.3, -0.25) is 14.4 Å². The molecular formula is C76H132O6. The molecule has 0 aliphatic heterocycles. The molecule has 0 fully saturated rings. The normalized spacial score (nSPS) is 12.7. The molecule has 6 heteroatoms. The Morgan fingerprint density at radius 3 is 0.744 bits per heavy atom. The van der Waals surface area contributed by atoms with E-state index in [1.54, 1.807) is 0 Å². The maximum atomic E-state index is 12.9. The Bertz CT molecular complexity index is 1590. The molecule has 472 valence electrons. The van der Waals surface area contributed by atoms with Crippen molar-refractivity contribution in [3.8, 4) is 0 Å². The lowest BCUT2D eigenvalue weighted by molar-refractivity contribution is -0.167. The predicted molar refractivity (Wildman–Crippen MR) is 357 cm³/mol. The molecule has 0 N–H and O–H groups in total. The Morgan fingerprint density at radius 1 is 0.256 bits per heavy atom. The van der Waals surface area contributed by atoms with Gasteiger partial charge in [-0.25, -0.2) is 0 Å². The molecule has 0 aromatic carbocycles. The smallest absolute Gasteiger partial charge is 0.306 e. The van der Waals surface area contributed by atoms with Crippen LogP contribution in [0, 0.1) is 0 Å². The van der Waals surface area contributed by atoms with Crippen LogP contribution in [0.3, 0.4) is 0 Å². The summed E-state index contributed by atoms with van der Waals surface area (Å²) in [6.07, 6.45) is 94.5. The van der Waals surface area contributed by atoms with E-state index in [1.165, 1.54) is 199 Å². The number of hydrogen-bond donors (Lipinski definition) is 0. The van der Waals surface area contributed by atoms with E-state index in [-0.39, 0.29) is 31.1 Å². The highest BCUT2D eigenvalue weighted by Crippen LogP contribution is 2.18.